The van der Waals surface area contributed by atoms with Gasteiger partial charge in [-0.25, -0.2) is 10.8 Å². The lowest BCUT2D eigenvalue weighted by Gasteiger charge is -2.26. The predicted octanol–water partition coefficient (Wildman–Crippen LogP) is 0.752. The van der Waals surface area contributed by atoms with Crippen molar-refractivity contribution in [3.8, 4) is 0 Å². The van der Waals surface area contributed by atoms with Gasteiger partial charge in [0.1, 0.15) is 5.82 Å². The number of hydrogen-bond donors (Lipinski definition) is 2. The highest BCUT2D eigenvalue weighted by molar-refractivity contribution is 5.40. The molecule has 0 spiro atoms. The quantitative estimate of drug-likeness (QED) is 0.536. The maximum atomic E-state index is 5.29. The molecule has 0 amide bonds. The lowest BCUT2D eigenvalue weighted by atomic mass is 10.1. The van der Waals surface area contributed by atoms with Crippen LogP contribution >= 0.6 is 0 Å². The van der Waals surface area contributed by atoms with Crippen LogP contribution in [0, 0.1) is 0 Å². The lowest BCUT2D eigenvalue weighted by Crippen LogP contribution is -2.31. The molecular formula is C9H15N5. The standard InChI is InChI=1S/C9H15N5/c10-13-8-4-5-11-9(12-8)14-6-2-1-3-7-14/h4-5H,1-3,6-7,10H2,(H,11,12,13). The summed E-state index contributed by atoms with van der Waals surface area (Å²) in [6.45, 7) is 2.10. The summed E-state index contributed by atoms with van der Waals surface area (Å²) in [7, 11) is 0. The third kappa shape index (κ3) is 1.93. The van der Waals surface area contributed by atoms with Crippen LogP contribution in [0.25, 0.3) is 0 Å². The van der Waals surface area contributed by atoms with Crippen molar-refractivity contribution < 1.29 is 0 Å². The summed E-state index contributed by atoms with van der Waals surface area (Å²) >= 11 is 0. The summed E-state index contributed by atoms with van der Waals surface area (Å²) in [4.78, 5) is 10.7. The molecule has 14 heavy (non-hydrogen) atoms. The molecule has 1 aliphatic heterocycles. The van der Waals surface area contributed by atoms with Crippen LogP contribution in [0.3, 0.4) is 0 Å². The third-order valence-corrected chi connectivity index (χ3v) is 2.43. The van der Waals surface area contributed by atoms with E-state index in [-0.39, 0.29) is 0 Å². The average Bonchev–Trinajstić information content (AvgIpc) is 2.30. The molecule has 0 saturated carbocycles. The number of nitrogens with zero attached hydrogens (tertiary/aromatic N) is 3. The van der Waals surface area contributed by atoms with Gasteiger partial charge in [0.15, 0.2) is 0 Å². The molecule has 1 fully saturated rings. The van der Waals surface area contributed by atoms with Crippen molar-refractivity contribution in [1.82, 2.24) is 9.97 Å². The topological polar surface area (TPSA) is 67.1 Å². The van der Waals surface area contributed by atoms with Gasteiger partial charge in [-0.05, 0) is 19.3 Å². The van der Waals surface area contributed by atoms with Crippen LogP contribution in [0.15, 0.2) is 12.3 Å². The minimum absolute atomic E-state index is 0.667. The number of nitrogens with two attached hydrogens (primary N) is 1. The van der Waals surface area contributed by atoms with Gasteiger partial charge in [-0.1, -0.05) is 0 Å². The Morgan fingerprint density at radius 3 is 2.79 bits per heavy atom. The Bertz CT molecular complexity index is 295. The van der Waals surface area contributed by atoms with Gasteiger partial charge in [0.2, 0.25) is 5.95 Å². The van der Waals surface area contributed by atoms with Gasteiger partial charge in [0, 0.05) is 25.4 Å². The molecule has 5 heteroatoms. The molecule has 76 valence electrons. The largest absolute Gasteiger partial charge is 0.341 e. The molecule has 0 aliphatic carbocycles. The first-order chi connectivity index (χ1) is 6.90. The Labute approximate surface area is 83.3 Å². The zero-order chi connectivity index (χ0) is 9.80. The molecule has 0 radical (unpaired) electrons. The second-order valence-electron chi connectivity index (χ2n) is 3.43. The zero-order valence-electron chi connectivity index (χ0n) is 8.11. The Balaban J connectivity index is 2.13. The normalized spacial score (nSPS) is 16.8. The van der Waals surface area contributed by atoms with E-state index in [0.29, 0.717) is 5.82 Å². The Morgan fingerprint density at radius 2 is 2.07 bits per heavy atom. The maximum absolute atomic E-state index is 5.29. The monoisotopic (exact) mass is 193 g/mol. The van der Waals surface area contributed by atoms with Gasteiger partial charge in [0.25, 0.3) is 0 Å². The fourth-order valence-corrected chi connectivity index (χ4v) is 1.68. The Hall–Kier alpha value is -1.36. The second-order valence-corrected chi connectivity index (χ2v) is 3.43. The second kappa shape index (κ2) is 4.23. The van der Waals surface area contributed by atoms with Gasteiger partial charge in [0.05, 0.1) is 0 Å². The highest BCUT2D eigenvalue weighted by atomic mass is 15.3. The number of aromatic nitrogens is 2. The SMILES string of the molecule is NNc1ccnc(N2CCCCC2)n1. The van der Waals surface area contributed by atoms with Crippen LogP contribution in [0.5, 0.6) is 0 Å². The van der Waals surface area contributed by atoms with Crippen molar-refractivity contribution in [2.45, 2.75) is 19.3 Å². The number of piperidine rings is 1. The van der Waals surface area contributed by atoms with Crippen LogP contribution in [0.4, 0.5) is 11.8 Å². The van der Waals surface area contributed by atoms with Gasteiger partial charge in [-0.2, -0.15) is 4.98 Å². The number of nitrogens with one attached hydrogen (secondary N) is 1. The van der Waals surface area contributed by atoms with Crippen molar-refractivity contribution in [3.05, 3.63) is 12.3 Å². The first-order valence-corrected chi connectivity index (χ1v) is 4.95. The molecule has 1 aromatic rings. The van der Waals surface area contributed by atoms with Gasteiger partial charge < -0.3 is 10.3 Å². The van der Waals surface area contributed by atoms with Gasteiger partial charge in [-0.15, -0.1) is 0 Å². The first-order valence-electron chi connectivity index (χ1n) is 4.95. The molecule has 1 aliphatic rings. The van der Waals surface area contributed by atoms with E-state index in [1.54, 1.807) is 12.3 Å². The first kappa shape index (κ1) is 9.21. The lowest BCUT2D eigenvalue weighted by molar-refractivity contribution is 0.568. The van der Waals surface area contributed by atoms with E-state index in [2.05, 4.69) is 20.3 Å². The van der Waals surface area contributed by atoms with E-state index in [1.165, 1.54) is 19.3 Å². The van der Waals surface area contributed by atoms with E-state index in [4.69, 9.17) is 5.84 Å². The fraction of sp³-hybridized carbons (Fsp3) is 0.556. The van der Waals surface area contributed by atoms with Crippen LogP contribution in [-0.2, 0) is 0 Å². The minimum Gasteiger partial charge on any atom is -0.341 e. The minimum atomic E-state index is 0.667. The number of hydrazine groups is 1. The molecule has 1 aromatic heterocycles. The molecule has 0 unspecified atom stereocenters. The van der Waals surface area contributed by atoms with Crippen LogP contribution < -0.4 is 16.2 Å². The third-order valence-electron chi connectivity index (χ3n) is 2.43. The molecule has 2 rings (SSSR count). The summed E-state index contributed by atoms with van der Waals surface area (Å²) in [6, 6.07) is 1.76. The summed E-state index contributed by atoms with van der Waals surface area (Å²) in [5.74, 6) is 6.73. The van der Waals surface area contributed by atoms with Crippen LogP contribution in [-0.4, -0.2) is 23.1 Å². The summed E-state index contributed by atoms with van der Waals surface area (Å²) in [5, 5.41) is 0. The van der Waals surface area contributed by atoms with Crippen molar-refractivity contribution in [3.63, 3.8) is 0 Å². The van der Waals surface area contributed by atoms with Crippen molar-refractivity contribution in [2.75, 3.05) is 23.4 Å². The molecule has 0 bridgehead atoms. The fourth-order valence-electron chi connectivity index (χ4n) is 1.68. The number of hydrogen-bond acceptors (Lipinski definition) is 5. The average molecular weight is 193 g/mol. The molecule has 5 nitrogen and oxygen atoms in total. The molecule has 3 N–H and O–H groups in total. The zero-order valence-corrected chi connectivity index (χ0v) is 8.11. The maximum Gasteiger partial charge on any atom is 0.227 e. The number of rotatable bonds is 2. The molecule has 1 saturated heterocycles. The van der Waals surface area contributed by atoms with Crippen molar-refractivity contribution >= 4 is 11.8 Å². The Morgan fingerprint density at radius 1 is 1.29 bits per heavy atom. The number of nitrogen functional groups attached to an aromatic ring is 1. The van der Waals surface area contributed by atoms with E-state index in [1.807, 2.05) is 0 Å². The summed E-state index contributed by atoms with van der Waals surface area (Å²) in [5.41, 5.74) is 2.53. The van der Waals surface area contributed by atoms with Gasteiger partial charge in [-0.3, -0.25) is 0 Å². The highest BCUT2D eigenvalue weighted by Crippen LogP contribution is 2.16. The molecule has 2 heterocycles. The van der Waals surface area contributed by atoms with Crippen LogP contribution in [0.1, 0.15) is 19.3 Å². The van der Waals surface area contributed by atoms with E-state index in [0.717, 1.165) is 19.0 Å². The molecule has 0 aromatic carbocycles. The summed E-state index contributed by atoms with van der Waals surface area (Å²) in [6.07, 6.45) is 5.49. The van der Waals surface area contributed by atoms with Crippen LogP contribution in [0.2, 0.25) is 0 Å². The Kier molecular flexibility index (Phi) is 2.78. The summed E-state index contributed by atoms with van der Waals surface area (Å²) < 4.78 is 0. The molecule has 0 atom stereocenters. The van der Waals surface area contributed by atoms with Crippen molar-refractivity contribution in [1.29, 1.82) is 0 Å². The van der Waals surface area contributed by atoms with Crippen molar-refractivity contribution in [2.24, 2.45) is 5.84 Å². The molecular weight excluding hydrogens is 178 g/mol. The van der Waals surface area contributed by atoms with E-state index in [9.17, 15) is 0 Å². The number of anilines is 2. The van der Waals surface area contributed by atoms with Gasteiger partial charge >= 0.3 is 0 Å². The smallest absolute Gasteiger partial charge is 0.227 e. The van der Waals surface area contributed by atoms with E-state index >= 15 is 0 Å². The highest BCUT2D eigenvalue weighted by Gasteiger charge is 2.13. The van der Waals surface area contributed by atoms with E-state index < -0.39 is 0 Å². The predicted molar refractivity (Wildman–Crippen MR) is 55.9 cm³/mol.